The highest BCUT2D eigenvalue weighted by Gasteiger charge is 2.34. The van der Waals surface area contributed by atoms with Crippen molar-refractivity contribution in [2.75, 3.05) is 13.6 Å². The number of alkyl halides is 2. The summed E-state index contributed by atoms with van der Waals surface area (Å²) in [7, 11) is 1.41. The van der Waals surface area contributed by atoms with E-state index in [9.17, 15) is 13.2 Å². The number of rotatable bonds is 4. The summed E-state index contributed by atoms with van der Waals surface area (Å²) < 4.78 is 41.0. The van der Waals surface area contributed by atoms with Gasteiger partial charge in [-0.25, -0.2) is 4.39 Å². The molecule has 16 heavy (non-hydrogen) atoms. The van der Waals surface area contributed by atoms with Crippen molar-refractivity contribution in [1.29, 1.82) is 0 Å². The molecule has 1 N–H and O–H groups in total. The Morgan fingerprint density at radius 2 is 1.94 bits per heavy atom. The summed E-state index contributed by atoms with van der Waals surface area (Å²) in [5.41, 5.74) is -0.207. The van der Waals surface area contributed by atoms with Crippen molar-refractivity contribution in [3.05, 3.63) is 35.1 Å². The van der Waals surface area contributed by atoms with Crippen LogP contribution in [0.25, 0.3) is 0 Å². The topological polar surface area (TPSA) is 12.0 Å². The molecule has 0 saturated heterocycles. The van der Waals surface area contributed by atoms with Gasteiger partial charge in [-0.2, -0.15) is 8.78 Å². The summed E-state index contributed by atoms with van der Waals surface area (Å²) in [4.78, 5) is 0. The van der Waals surface area contributed by atoms with E-state index < -0.39 is 23.8 Å². The van der Waals surface area contributed by atoms with Gasteiger partial charge in [-0.3, -0.25) is 0 Å². The van der Waals surface area contributed by atoms with Gasteiger partial charge in [0.2, 0.25) is 0 Å². The zero-order valence-electron chi connectivity index (χ0n) is 9.65. The second kappa shape index (κ2) is 4.87. The fourth-order valence-corrected chi connectivity index (χ4v) is 1.60. The van der Waals surface area contributed by atoms with Gasteiger partial charge < -0.3 is 5.32 Å². The Kier molecular flexibility index (Phi) is 3.97. The van der Waals surface area contributed by atoms with Gasteiger partial charge in [0, 0.05) is 0 Å². The molecule has 0 aliphatic heterocycles. The van der Waals surface area contributed by atoms with E-state index >= 15 is 0 Å². The van der Waals surface area contributed by atoms with E-state index in [1.807, 2.05) is 0 Å². The van der Waals surface area contributed by atoms with Crippen LogP contribution in [0.15, 0.2) is 18.2 Å². The number of hydrogen-bond acceptors (Lipinski definition) is 1. The Morgan fingerprint density at radius 3 is 2.44 bits per heavy atom. The molecule has 0 saturated carbocycles. The van der Waals surface area contributed by atoms with E-state index in [1.54, 1.807) is 19.9 Å². The van der Waals surface area contributed by atoms with E-state index in [4.69, 9.17) is 0 Å². The zero-order chi connectivity index (χ0) is 12.3. The molecule has 0 amide bonds. The van der Waals surface area contributed by atoms with Crippen LogP contribution in [-0.4, -0.2) is 13.6 Å². The lowest BCUT2D eigenvalue weighted by Crippen LogP contribution is -2.29. The molecule has 0 aliphatic carbocycles. The van der Waals surface area contributed by atoms with E-state index in [-0.39, 0.29) is 5.92 Å². The number of nitrogens with one attached hydrogen (secondary N) is 1. The van der Waals surface area contributed by atoms with Crippen LogP contribution >= 0.6 is 0 Å². The van der Waals surface area contributed by atoms with E-state index in [2.05, 4.69) is 5.32 Å². The summed E-state index contributed by atoms with van der Waals surface area (Å²) in [5.74, 6) is -4.08. The molecular weight excluding hydrogens is 215 g/mol. The molecule has 4 heteroatoms. The predicted octanol–water partition coefficient (Wildman–Crippen LogP) is 3.26. The summed E-state index contributed by atoms with van der Waals surface area (Å²) >= 11 is 0. The third-order valence-corrected chi connectivity index (χ3v) is 2.44. The van der Waals surface area contributed by atoms with E-state index in [0.29, 0.717) is 5.56 Å². The van der Waals surface area contributed by atoms with Crippen LogP contribution in [0.1, 0.15) is 30.9 Å². The Balaban J connectivity index is 3.20. The first-order valence-corrected chi connectivity index (χ1v) is 5.21. The van der Waals surface area contributed by atoms with Gasteiger partial charge in [-0.05, 0) is 18.5 Å². The minimum Gasteiger partial charge on any atom is -0.314 e. The third kappa shape index (κ3) is 2.55. The molecule has 0 fully saturated rings. The quantitative estimate of drug-likeness (QED) is 0.838. The maximum Gasteiger partial charge on any atom is 0.288 e. The molecule has 1 rings (SSSR count). The molecule has 0 spiro atoms. The van der Waals surface area contributed by atoms with Crippen LogP contribution in [0.5, 0.6) is 0 Å². The van der Waals surface area contributed by atoms with Crippen molar-refractivity contribution in [1.82, 2.24) is 5.32 Å². The fourth-order valence-electron chi connectivity index (χ4n) is 1.60. The summed E-state index contributed by atoms with van der Waals surface area (Å²) in [6.07, 6.45) is 0. The average molecular weight is 231 g/mol. The normalized spacial score (nSPS) is 12.2. The lowest BCUT2D eigenvalue weighted by Gasteiger charge is -2.19. The lowest BCUT2D eigenvalue weighted by atomic mass is 9.97. The van der Waals surface area contributed by atoms with Gasteiger partial charge in [-0.15, -0.1) is 0 Å². The monoisotopic (exact) mass is 231 g/mol. The van der Waals surface area contributed by atoms with Gasteiger partial charge in [0.05, 0.1) is 12.1 Å². The van der Waals surface area contributed by atoms with Crippen molar-refractivity contribution in [3.63, 3.8) is 0 Å². The van der Waals surface area contributed by atoms with Crippen molar-refractivity contribution in [3.8, 4) is 0 Å². The highest BCUT2D eigenvalue weighted by atomic mass is 19.3. The first-order valence-electron chi connectivity index (χ1n) is 5.21. The van der Waals surface area contributed by atoms with Gasteiger partial charge in [0.15, 0.2) is 0 Å². The first kappa shape index (κ1) is 13.0. The molecule has 0 aromatic heterocycles. The van der Waals surface area contributed by atoms with Crippen LogP contribution in [0.3, 0.4) is 0 Å². The highest BCUT2D eigenvalue weighted by Crippen LogP contribution is 2.32. The molecule has 0 unspecified atom stereocenters. The molecule has 0 aliphatic rings. The van der Waals surface area contributed by atoms with Gasteiger partial charge in [0.25, 0.3) is 5.92 Å². The zero-order valence-corrected chi connectivity index (χ0v) is 9.65. The van der Waals surface area contributed by atoms with Crippen LogP contribution < -0.4 is 5.32 Å². The first-order chi connectivity index (χ1) is 7.40. The highest BCUT2D eigenvalue weighted by molar-refractivity contribution is 5.31. The SMILES string of the molecule is CNCC(F)(F)c1cccc(C(C)C)c1F. The number of halogens is 3. The number of likely N-dealkylation sites (N-methyl/N-ethyl adjacent to an activating group) is 1. The maximum atomic E-state index is 13.8. The second-order valence-corrected chi connectivity index (χ2v) is 4.10. The van der Waals surface area contributed by atoms with Crippen LogP contribution in [0.2, 0.25) is 0 Å². The Morgan fingerprint density at radius 1 is 1.31 bits per heavy atom. The fraction of sp³-hybridized carbons (Fsp3) is 0.500. The van der Waals surface area contributed by atoms with Crippen LogP contribution in [-0.2, 0) is 5.92 Å². The Hall–Kier alpha value is -1.03. The smallest absolute Gasteiger partial charge is 0.288 e. The molecule has 0 bridgehead atoms. The van der Waals surface area contributed by atoms with Crippen molar-refractivity contribution in [2.45, 2.75) is 25.7 Å². The third-order valence-electron chi connectivity index (χ3n) is 2.44. The average Bonchev–Trinajstić information content (AvgIpc) is 2.17. The van der Waals surface area contributed by atoms with Gasteiger partial charge in [0.1, 0.15) is 5.82 Å². The lowest BCUT2D eigenvalue weighted by molar-refractivity contribution is -0.00488. The van der Waals surface area contributed by atoms with Gasteiger partial charge in [-0.1, -0.05) is 32.0 Å². The summed E-state index contributed by atoms with van der Waals surface area (Å²) in [5, 5.41) is 2.37. The minimum absolute atomic E-state index is 0.106. The molecule has 90 valence electrons. The Bertz CT molecular complexity index is 361. The second-order valence-electron chi connectivity index (χ2n) is 4.10. The maximum absolute atomic E-state index is 13.8. The molecule has 1 aromatic carbocycles. The molecule has 0 atom stereocenters. The van der Waals surface area contributed by atoms with Crippen LogP contribution in [0.4, 0.5) is 13.2 Å². The number of benzene rings is 1. The number of hydrogen-bond donors (Lipinski definition) is 1. The van der Waals surface area contributed by atoms with Gasteiger partial charge >= 0.3 is 0 Å². The molecule has 0 radical (unpaired) electrons. The van der Waals surface area contributed by atoms with E-state index in [1.165, 1.54) is 13.1 Å². The summed E-state index contributed by atoms with van der Waals surface area (Å²) in [6.45, 7) is 2.99. The van der Waals surface area contributed by atoms with Crippen molar-refractivity contribution >= 4 is 0 Å². The minimum atomic E-state index is -3.18. The largest absolute Gasteiger partial charge is 0.314 e. The Labute approximate surface area is 93.7 Å². The van der Waals surface area contributed by atoms with Crippen molar-refractivity contribution in [2.24, 2.45) is 0 Å². The molecule has 0 heterocycles. The summed E-state index contributed by atoms with van der Waals surface area (Å²) in [6, 6.07) is 4.15. The molecular formula is C12H16F3N. The molecule has 1 nitrogen and oxygen atoms in total. The van der Waals surface area contributed by atoms with Crippen molar-refractivity contribution < 1.29 is 13.2 Å². The molecule has 1 aromatic rings. The van der Waals surface area contributed by atoms with E-state index in [0.717, 1.165) is 6.07 Å². The predicted molar refractivity (Wildman–Crippen MR) is 58.3 cm³/mol. The standard InChI is InChI=1S/C12H16F3N/c1-8(2)9-5-4-6-10(11(9)13)12(14,15)7-16-3/h4-6,8,16H,7H2,1-3H3. The van der Waals surface area contributed by atoms with Crippen LogP contribution in [0, 0.1) is 5.82 Å².